The molecule has 3 aromatic rings. The number of rotatable bonds is 4. The summed E-state index contributed by atoms with van der Waals surface area (Å²) in [7, 11) is 0. The molecule has 3 aromatic carbocycles. The fourth-order valence-electron chi connectivity index (χ4n) is 5.24. The molecule has 0 bridgehead atoms. The van der Waals surface area contributed by atoms with Crippen LogP contribution in [0.2, 0.25) is 0 Å². The van der Waals surface area contributed by atoms with Gasteiger partial charge in [0.05, 0.1) is 28.8 Å². The molecule has 1 aliphatic heterocycles. The van der Waals surface area contributed by atoms with E-state index in [1.165, 1.54) is 12.1 Å². The van der Waals surface area contributed by atoms with Crippen molar-refractivity contribution in [2.75, 3.05) is 10.2 Å². The summed E-state index contributed by atoms with van der Waals surface area (Å²) in [5, 5.41) is 15.1. The van der Waals surface area contributed by atoms with Crippen LogP contribution < -0.4 is 10.2 Å². The molecule has 1 heterocycles. The van der Waals surface area contributed by atoms with Gasteiger partial charge in [0.1, 0.15) is 0 Å². The second-order valence-corrected chi connectivity index (χ2v) is 10.2. The molecule has 0 saturated carbocycles. The monoisotopic (exact) mass is 481 g/mol. The molecule has 1 amide bonds. The Labute approximate surface area is 209 Å². The van der Waals surface area contributed by atoms with Crippen molar-refractivity contribution < 1.29 is 14.5 Å². The normalized spacial score (nSPS) is 18.6. The molecule has 0 aromatic heterocycles. The second-order valence-electron chi connectivity index (χ2n) is 10.2. The lowest BCUT2D eigenvalue weighted by atomic mass is 9.73. The summed E-state index contributed by atoms with van der Waals surface area (Å²) in [6.45, 7) is 4.10. The number of hydrogen-bond acceptors (Lipinski definition) is 5. The molecule has 182 valence electrons. The second kappa shape index (κ2) is 9.07. The third kappa shape index (κ3) is 4.40. The number of amides is 1. The molecule has 0 spiro atoms. The number of nitro benzene ring substituents is 1. The number of fused-ring (bicyclic) bond motifs is 1. The van der Waals surface area contributed by atoms with E-state index in [1.807, 2.05) is 68.4 Å². The van der Waals surface area contributed by atoms with Gasteiger partial charge < -0.3 is 5.32 Å². The van der Waals surface area contributed by atoms with Crippen molar-refractivity contribution >= 4 is 28.8 Å². The average Bonchev–Trinajstić information content (AvgIpc) is 2.98. The highest BCUT2D eigenvalue weighted by Gasteiger charge is 2.43. The summed E-state index contributed by atoms with van der Waals surface area (Å²) in [5.41, 5.74) is 3.65. The summed E-state index contributed by atoms with van der Waals surface area (Å²) >= 11 is 0. The molecule has 5 rings (SSSR count). The number of carbonyl (C=O) groups is 2. The van der Waals surface area contributed by atoms with Gasteiger partial charge in [-0.15, -0.1) is 0 Å². The van der Waals surface area contributed by atoms with Gasteiger partial charge in [-0.2, -0.15) is 0 Å². The zero-order chi connectivity index (χ0) is 25.4. The van der Waals surface area contributed by atoms with Crippen molar-refractivity contribution in [3.8, 4) is 0 Å². The first-order valence-electron chi connectivity index (χ1n) is 12.0. The standard InChI is InChI=1S/C29H27N3O4/c1-29(2)17-23-27(25(33)18-29)28(20-11-8-12-21(16-20)32(35)36)31(24-14-7-6-13-22(24)30-23)26(34)15-19-9-4-3-5-10-19/h3-14,16,28,30H,15,17-18H2,1-2H3/t28-/m1/s1. The Bertz CT molecular complexity index is 1390. The Kier molecular flexibility index (Phi) is 5.92. The number of nitro groups is 1. The Morgan fingerprint density at radius 1 is 1.03 bits per heavy atom. The lowest BCUT2D eigenvalue weighted by Gasteiger charge is -2.37. The van der Waals surface area contributed by atoms with E-state index in [-0.39, 0.29) is 29.2 Å². The molecule has 1 N–H and O–H groups in total. The number of ketones is 1. The Balaban J connectivity index is 1.75. The van der Waals surface area contributed by atoms with Crippen molar-refractivity contribution in [2.45, 2.75) is 39.2 Å². The Hall–Kier alpha value is -4.26. The van der Waals surface area contributed by atoms with Crippen LogP contribution >= 0.6 is 0 Å². The maximum atomic E-state index is 14.0. The van der Waals surface area contributed by atoms with E-state index in [1.54, 1.807) is 17.0 Å². The predicted octanol–water partition coefficient (Wildman–Crippen LogP) is 5.98. The molecule has 1 atom stereocenters. The molecule has 0 fully saturated rings. The van der Waals surface area contributed by atoms with Crippen LogP contribution in [0.3, 0.4) is 0 Å². The molecule has 2 aliphatic rings. The smallest absolute Gasteiger partial charge is 0.269 e. The average molecular weight is 482 g/mol. The molecule has 1 aliphatic carbocycles. The van der Waals surface area contributed by atoms with Crippen molar-refractivity contribution in [1.82, 2.24) is 0 Å². The zero-order valence-electron chi connectivity index (χ0n) is 20.2. The third-order valence-corrected chi connectivity index (χ3v) is 6.76. The maximum absolute atomic E-state index is 14.0. The number of non-ortho nitro benzene ring substituents is 1. The molecule has 0 unspecified atom stereocenters. The molecule has 7 heteroatoms. The molecule has 7 nitrogen and oxygen atoms in total. The number of Topliss-reactive ketones (excluding diaryl/α,β-unsaturated/α-hetero) is 1. The highest BCUT2D eigenvalue weighted by Crippen LogP contribution is 2.48. The quantitative estimate of drug-likeness (QED) is 0.365. The van der Waals surface area contributed by atoms with Gasteiger partial charge in [-0.25, -0.2) is 0 Å². The fraction of sp³-hybridized carbons (Fsp3) is 0.241. The van der Waals surface area contributed by atoms with Gasteiger partial charge in [-0.05, 0) is 35.1 Å². The largest absolute Gasteiger partial charge is 0.357 e. The predicted molar refractivity (Wildman–Crippen MR) is 139 cm³/mol. The Morgan fingerprint density at radius 2 is 1.75 bits per heavy atom. The summed E-state index contributed by atoms with van der Waals surface area (Å²) in [6, 6.07) is 22.4. The number of carbonyl (C=O) groups excluding carboxylic acids is 2. The van der Waals surface area contributed by atoms with Crippen LogP contribution in [-0.4, -0.2) is 16.6 Å². The number of hydrogen-bond donors (Lipinski definition) is 1. The molecule has 0 radical (unpaired) electrons. The lowest BCUT2D eigenvalue weighted by molar-refractivity contribution is -0.384. The van der Waals surface area contributed by atoms with E-state index in [9.17, 15) is 19.7 Å². The van der Waals surface area contributed by atoms with Crippen molar-refractivity contribution in [1.29, 1.82) is 0 Å². The summed E-state index contributed by atoms with van der Waals surface area (Å²) in [6.07, 6.45) is 1.08. The minimum atomic E-state index is -0.795. The van der Waals surface area contributed by atoms with Crippen LogP contribution in [-0.2, 0) is 16.0 Å². The SMILES string of the molecule is CC1(C)CC(=O)C2=C(C1)Nc1ccccc1N(C(=O)Cc1ccccc1)[C@@H]2c1cccc([N+](=O)[O-])c1. The molecule has 0 saturated heterocycles. The number of nitrogens with zero attached hydrogens (tertiary/aromatic N) is 2. The number of allylic oxidation sites excluding steroid dienone is 1. The molecular weight excluding hydrogens is 454 g/mol. The van der Waals surface area contributed by atoms with E-state index in [4.69, 9.17) is 0 Å². The molecular formula is C29H27N3O4. The van der Waals surface area contributed by atoms with Crippen molar-refractivity contribution in [2.24, 2.45) is 5.41 Å². The van der Waals surface area contributed by atoms with Crippen LogP contribution in [0.25, 0.3) is 0 Å². The number of anilines is 2. The number of nitrogens with one attached hydrogen (secondary N) is 1. The highest BCUT2D eigenvalue weighted by molar-refractivity contribution is 6.06. The van der Waals surface area contributed by atoms with E-state index < -0.39 is 11.0 Å². The van der Waals surface area contributed by atoms with Gasteiger partial charge >= 0.3 is 0 Å². The van der Waals surface area contributed by atoms with E-state index in [2.05, 4.69) is 5.32 Å². The van der Waals surface area contributed by atoms with Crippen LogP contribution in [0.15, 0.2) is 90.1 Å². The lowest BCUT2D eigenvalue weighted by Crippen LogP contribution is -2.40. The number of benzene rings is 3. The van der Waals surface area contributed by atoms with Gasteiger partial charge in [-0.3, -0.25) is 24.6 Å². The Morgan fingerprint density at radius 3 is 2.50 bits per heavy atom. The first-order chi connectivity index (χ1) is 17.2. The van der Waals surface area contributed by atoms with Crippen LogP contribution in [0.1, 0.15) is 43.9 Å². The van der Waals surface area contributed by atoms with Gasteiger partial charge in [0.15, 0.2) is 5.78 Å². The zero-order valence-corrected chi connectivity index (χ0v) is 20.2. The first kappa shape index (κ1) is 23.5. The van der Waals surface area contributed by atoms with Gasteiger partial charge in [-0.1, -0.05) is 68.4 Å². The van der Waals surface area contributed by atoms with Gasteiger partial charge in [0, 0.05) is 29.8 Å². The van der Waals surface area contributed by atoms with Crippen molar-refractivity contribution in [3.05, 3.63) is 111 Å². The summed E-state index contributed by atoms with van der Waals surface area (Å²) in [4.78, 5) is 40.5. The fourth-order valence-corrected chi connectivity index (χ4v) is 5.24. The van der Waals surface area contributed by atoms with Crippen molar-refractivity contribution in [3.63, 3.8) is 0 Å². The third-order valence-electron chi connectivity index (χ3n) is 6.76. The first-order valence-corrected chi connectivity index (χ1v) is 12.0. The molecule has 36 heavy (non-hydrogen) atoms. The van der Waals surface area contributed by atoms with E-state index in [0.29, 0.717) is 29.7 Å². The van der Waals surface area contributed by atoms with E-state index >= 15 is 0 Å². The van der Waals surface area contributed by atoms with Gasteiger partial charge in [0.25, 0.3) is 5.69 Å². The number of para-hydroxylation sites is 2. The van der Waals surface area contributed by atoms with Gasteiger partial charge in [0.2, 0.25) is 5.91 Å². The van der Waals surface area contributed by atoms with Crippen LogP contribution in [0.4, 0.5) is 17.1 Å². The maximum Gasteiger partial charge on any atom is 0.269 e. The topological polar surface area (TPSA) is 92.6 Å². The summed E-state index contributed by atoms with van der Waals surface area (Å²) < 4.78 is 0. The minimum Gasteiger partial charge on any atom is -0.357 e. The van der Waals surface area contributed by atoms with E-state index in [0.717, 1.165) is 16.9 Å². The highest BCUT2D eigenvalue weighted by atomic mass is 16.6. The van der Waals surface area contributed by atoms with Crippen LogP contribution in [0, 0.1) is 15.5 Å². The van der Waals surface area contributed by atoms with Crippen LogP contribution in [0.5, 0.6) is 0 Å². The summed E-state index contributed by atoms with van der Waals surface area (Å²) in [5.74, 6) is -0.256. The minimum absolute atomic E-state index is 0.0597.